The molecule has 0 N–H and O–H groups in total. The van der Waals surface area contributed by atoms with Gasteiger partial charge < -0.3 is 9.80 Å². The van der Waals surface area contributed by atoms with E-state index in [2.05, 4.69) is 34.8 Å². The van der Waals surface area contributed by atoms with E-state index < -0.39 is 0 Å². The first-order valence-corrected chi connectivity index (χ1v) is 10.6. The van der Waals surface area contributed by atoms with Gasteiger partial charge in [0.2, 0.25) is 0 Å². The number of hydrogen-bond acceptors (Lipinski definition) is 5. The lowest BCUT2D eigenvalue weighted by molar-refractivity contribution is 0.0743. The Kier molecular flexibility index (Phi) is 5.84. The van der Waals surface area contributed by atoms with Crippen molar-refractivity contribution in [3.8, 4) is 5.69 Å². The quantitative estimate of drug-likeness (QED) is 0.653. The molecule has 0 saturated carbocycles. The first kappa shape index (κ1) is 20.8. The van der Waals surface area contributed by atoms with E-state index in [0.717, 1.165) is 17.1 Å². The SMILES string of the molecule is Cc1ccn(-c2cccc(C(C)C)c2)c(=O)c1C(=O)N1CCN(c2cnccn2)CC1. The van der Waals surface area contributed by atoms with E-state index in [4.69, 9.17) is 0 Å². The van der Waals surface area contributed by atoms with Crippen molar-refractivity contribution in [2.45, 2.75) is 26.7 Å². The summed E-state index contributed by atoms with van der Waals surface area (Å²) < 4.78 is 1.57. The first-order valence-electron chi connectivity index (χ1n) is 10.6. The zero-order valence-electron chi connectivity index (χ0n) is 18.2. The number of aromatic nitrogens is 3. The van der Waals surface area contributed by atoms with Gasteiger partial charge in [-0.1, -0.05) is 26.0 Å². The molecular weight excluding hydrogens is 390 g/mol. The summed E-state index contributed by atoms with van der Waals surface area (Å²) in [7, 11) is 0. The number of nitrogens with zero attached hydrogens (tertiary/aromatic N) is 5. The zero-order valence-corrected chi connectivity index (χ0v) is 18.2. The topological polar surface area (TPSA) is 71.3 Å². The second-order valence-corrected chi connectivity index (χ2v) is 8.14. The highest BCUT2D eigenvalue weighted by Gasteiger charge is 2.26. The van der Waals surface area contributed by atoms with Crippen molar-refractivity contribution in [1.82, 2.24) is 19.4 Å². The molecule has 0 spiro atoms. The van der Waals surface area contributed by atoms with Crippen LogP contribution in [0.2, 0.25) is 0 Å². The standard InChI is InChI=1S/C24H27N5O2/c1-17(2)19-5-4-6-20(15-19)29-10-7-18(3)22(24(29)31)23(30)28-13-11-27(12-14-28)21-16-25-8-9-26-21/h4-10,15-17H,11-14H2,1-3H3. The number of amides is 1. The van der Waals surface area contributed by atoms with Gasteiger partial charge in [0, 0.05) is 50.5 Å². The molecule has 0 aliphatic carbocycles. The van der Waals surface area contributed by atoms with Gasteiger partial charge in [-0.25, -0.2) is 4.98 Å². The van der Waals surface area contributed by atoms with Crippen LogP contribution in [0.4, 0.5) is 5.82 Å². The highest BCUT2D eigenvalue weighted by molar-refractivity contribution is 5.95. The van der Waals surface area contributed by atoms with Gasteiger partial charge in [-0.3, -0.25) is 19.1 Å². The van der Waals surface area contributed by atoms with Crippen LogP contribution < -0.4 is 10.5 Å². The zero-order chi connectivity index (χ0) is 22.0. The van der Waals surface area contributed by atoms with E-state index in [1.807, 2.05) is 31.2 Å². The van der Waals surface area contributed by atoms with Gasteiger partial charge in [0.05, 0.1) is 6.20 Å². The molecule has 1 aliphatic heterocycles. The van der Waals surface area contributed by atoms with E-state index in [9.17, 15) is 9.59 Å². The maximum Gasteiger partial charge on any atom is 0.268 e. The van der Waals surface area contributed by atoms with Crippen molar-refractivity contribution in [1.29, 1.82) is 0 Å². The van der Waals surface area contributed by atoms with Crippen LogP contribution in [-0.4, -0.2) is 51.5 Å². The normalized spacial score (nSPS) is 14.2. The van der Waals surface area contributed by atoms with Crippen LogP contribution >= 0.6 is 0 Å². The van der Waals surface area contributed by atoms with Gasteiger partial charge in [-0.05, 0) is 42.2 Å². The number of piperazine rings is 1. The molecule has 1 amide bonds. The second kappa shape index (κ2) is 8.71. The van der Waals surface area contributed by atoms with Crippen LogP contribution in [0.1, 0.15) is 41.3 Å². The number of carbonyl (C=O) groups is 1. The minimum absolute atomic E-state index is 0.212. The van der Waals surface area contributed by atoms with Crippen molar-refractivity contribution in [3.63, 3.8) is 0 Å². The molecule has 0 unspecified atom stereocenters. The molecule has 3 aromatic rings. The molecule has 2 aromatic heterocycles. The van der Waals surface area contributed by atoms with E-state index in [1.54, 1.807) is 34.3 Å². The van der Waals surface area contributed by atoms with Crippen molar-refractivity contribution in [2.75, 3.05) is 31.1 Å². The number of anilines is 1. The molecule has 1 aliphatic rings. The average Bonchev–Trinajstić information content (AvgIpc) is 2.80. The molecule has 1 aromatic carbocycles. The summed E-state index contributed by atoms with van der Waals surface area (Å²) in [6.45, 7) is 8.43. The smallest absolute Gasteiger partial charge is 0.268 e. The van der Waals surface area contributed by atoms with Crippen molar-refractivity contribution in [2.24, 2.45) is 0 Å². The van der Waals surface area contributed by atoms with Crippen LogP contribution in [0, 0.1) is 6.92 Å². The highest BCUT2D eigenvalue weighted by Crippen LogP contribution is 2.19. The molecule has 7 nitrogen and oxygen atoms in total. The Labute approximate surface area is 182 Å². The van der Waals surface area contributed by atoms with Crippen molar-refractivity contribution >= 4 is 11.7 Å². The Hall–Kier alpha value is -3.48. The fraction of sp³-hybridized carbons (Fsp3) is 0.333. The minimum Gasteiger partial charge on any atom is -0.352 e. The highest BCUT2D eigenvalue weighted by atomic mass is 16.2. The Balaban J connectivity index is 1.59. The third-order valence-corrected chi connectivity index (χ3v) is 5.77. The van der Waals surface area contributed by atoms with Gasteiger partial charge in [0.1, 0.15) is 11.4 Å². The Morgan fingerprint density at radius 3 is 2.52 bits per heavy atom. The monoisotopic (exact) mass is 417 g/mol. The van der Waals surface area contributed by atoms with Gasteiger partial charge in [-0.15, -0.1) is 0 Å². The fourth-order valence-electron chi connectivity index (χ4n) is 3.87. The lowest BCUT2D eigenvalue weighted by Crippen LogP contribution is -2.50. The molecule has 0 atom stereocenters. The number of aryl methyl sites for hydroxylation is 1. The first-order chi connectivity index (χ1) is 15.0. The molecule has 31 heavy (non-hydrogen) atoms. The Morgan fingerprint density at radius 1 is 1.06 bits per heavy atom. The predicted octanol–water partition coefficient (Wildman–Crippen LogP) is 3.02. The molecule has 3 heterocycles. The molecule has 0 radical (unpaired) electrons. The van der Waals surface area contributed by atoms with E-state index in [1.165, 1.54) is 0 Å². The summed E-state index contributed by atoms with van der Waals surface area (Å²) >= 11 is 0. The lowest BCUT2D eigenvalue weighted by atomic mass is 10.0. The van der Waals surface area contributed by atoms with Crippen molar-refractivity contribution < 1.29 is 4.79 Å². The van der Waals surface area contributed by atoms with E-state index >= 15 is 0 Å². The lowest BCUT2D eigenvalue weighted by Gasteiger charge is -2.35. The Morgan fingerprint density at radius 2 is 1.84 bits per heavy atom. The number of hydrogen-bond donors (Lipinski definition) is 0. The van der Waals surface area contributed by atoms with Crippen LogP contribution in [0.3, 0.4) is 0 Å². The summed E-state index contributed by atoms with van der Waals surface area (Å²) in [6.07, 6.45) is 6.78. The molecule has 4 rings (SSSR count). The predicted molar refractivity (Wildman–Crippen MR) is 121 cm³/mol. The number of pyridine rings is 1. The van der Waals surface area contributed by atoms with Crippen LogP contribution in [0.25, 0.3) is 5.69 Å². The minimum atomic E-state index is -0.276. The van der Waals surface area contributed by atoms with Crippen LogP contribution in [0.5, 0.6) is 0 Å². The van der Waals surface area contributed by atoms with Crippen LogP contribution in [-0.2, 0) is 0 Å². The summed E-state index contributed by atoms with van der Waals surface area (Å²) in [5.74, 6) is 0.946. The molecule has 7 heteroatoms. The number of rotatable bonds is 4. The maximum absolute atomic E-state index is 13.3. The molecule has 1 saturated heterocycles. The van der Waals surface area contributed by atoms with Gasteiger partial charge in [-0.2, -0.15) is 0 Å². The third-order valence-electron chi connectivity index (χ3n) is 5.77. The van der Waals surface area contributed by atoms with Gasteiger partial charge in [0.15, 0.2) is 0 Å². The summed E-state index contributed by atoms with van der Waals surface area (Å²) in [4.78, 5) is 38.9. The van der Waals surface area contributed by atoms with Crippen molar-refractivity contribution in [3.05, 3.63) is 82.2 Å². The summed E-state index contributed by atoms with van der Waals surface area (Å²) in [5.41, 5.74) is 2.59. The number of benzene rings is 1. The largest absolute Gasteiger partial charge is 0.352 e. The molecular formula is C24H27N5O2. The van der Waals surface area contributed by atoms with E-state index in [0.29, 0.717) is 37.7 Å². The molecule has 1 fully saturated rings. The Bertz CT molecular complexity index is 1130. The summed E-state index contributed by atoms with van der Waals surface area (Å²) in [6, 6.07) is 9.75. The molecule has 0 bridgehead atoms. The third kappa shape index (κ3) is 4.21. The average molecular weight is 418 g/mol. The second-order valence-electron chi connectivity index (χ2n) is 8.14. The van der Waals surface area contributed by atoms with E-state index in [-0.39, 0.29) is 17.0 Å². The summed E-state index contributed by atoms with van der Waals surface area (Å²) in [5, 5.41) is 0. The fourth-order valence-corrected chi connectivity index (χ4v) is 3.87. The van der Waals surface area contributed by atoms with Gasteiger partial charge in [0.25, 0.3) is 11.5 Å². The maximum atomic E-state index is 13.3. The molecule has 160 valence electrons. The van der Waals surface area contributed by atoms with Crippen LogP contribution in [0.15, 0.2) is 59.9 Å². The van der Waals surface area contributed by atoms with Gasteiger partial charge >= 0.3 is 0 Å². The number of carbonyl (C=O) groups excluding carboxylic acids is 1.